The fourth-order valence-corrected chi connectivity index (χ4v) is 3.73. The first-order chi connectivity index (χ1) is 13.5. The molecule has 0 aliphatic carbocycles. The van der Waals surface area contributed by atoms with Crippen molar-refractivity contribution >= 4 is 40.6 Å². The van der Waals surface area contributed by atoms with Crippen LogP contribution in [-0.4, -0.2) is 38.1 Å². The molecule has 0 saturated carbocycles. The minimum absolute atomic E-state index is 0.0975. The lowest BCUT2D eigenvalue weighted by atomic mass is 10.3. The van der Waals surface area contributed by atoms with E-state index in [2.05, 4.69) is 19.8 Å². The molecular weight excluding hydrogens is 404 g/mol. The number of nitrogens with zero attached hydrogens (tertiary/aromatic N) is 3. The second-order valence-electron chi connectivity index (χ2n) is 5.63. The maximum absolute atomic E-state index is 10.6. The predicted molar refractivity (Wildman–Crippen MR) is 104 cm³/mol. The van der Waals surface area contributed by atoms with Crippen molar-refractivity contribution in [2.75, 3.05) is 7.11 Å². The van der Waals surface area contributed by atoms with Crippen LogP contribution in [0.2, 0.25) is 5.02 Å². The van der Waals surface area contributed by atoms with E-state index in [-0.39, 0.29) is 5.75 Å². The molecule has 0 aliphatic rings. The molecule has 2 aromatic heterocycles. The molecule has 0 spiro atoms. The smallest absolute Gasteiger partial charge is 0.497 e. The van der Waals surface area contributed by atoms with Crippen molar-refractivity contribution in [1.82, 2.24) is 19.7 Å². The van der Waals surface area contributed by atoms with Gasteiger partial charge in [-0.1, -0.05) is 29.4 Å². The van der Waals surface area contributed by atoms with E-state index in [9.17, 15) is 4.79 Å². The van der Waals surface area contributed by atoms with E-state index in [1.807, 2.05) is 30.3 Å². The summed E-state index contributed by atoms with van der Waals surface area (Å²) in [5, 5.41) is 13.3. The molecule has 4 rings (SSSR count). The van der Waals surface area contributed by atoms with E-state index in [0.29, 0.717) is 16.5 Å². The zero-order chi connectivity index (χ0) is 19.7. The van der Waals surface area contributed by atoms with Crippen molar-refractivity contribution in [1.29, 1.82) is 0 Å². The van der Waals surface area contributed by atoms with Gasteiger partial charge in [0.15, 0.2) is 5.75 Å². The number of nitrogens with one attached hydrogen (secondary N) is 1. The molecule has 0 atom stereocenters. The number of rotatable bonds is 5. The highest BCUT2D eigenvalue weighted by atomic mass is 35.5. The van der Waals surface area contributed by atoms with Crippen LogP contribution in [0, 0.1) is 0 Å². The number of benzene rings is 2. The topological polar surface area (TPSA) is 102 Å². The summed E-state index contributed by atoms with van der Waals surface area (Å²) >= 11 is 7.94. The lowest BCUT2D eigenvalue weighted by Gasteiger charge is -2.06. The number of carbonyl (C=O) groups is 1. The van der Waals surface area contributed by atoms with Gasteiger partial charge >= 0.3 is 6.16 Å². The van der Waals surface area contributed by atoms with Crippen molar-refractivity contribution in [3.05, 3.63) is 53.8 Å². The molecular formula is C18H13ClN4O4S. The average molecular weight is 417 g/mol. The van der Waals surface area contributed by atoms with Crippen LogP contribution in [0.3, 0.4) is 0 Å². The van der Waals surface area contributed by atoms with Gasteiger partial charge in [0, 0.05) is 9.79 Å². The number of ether oxygens (including phenoxy) is 2. The zero-order valence-corrected chi connectivity index (χ0v) is 16.0. The van der Waals surface area contributed by atoms with Crippen molar-refractivity contribution in [2.45, 2.75) is 9.79 Å². The number of hydrogen-bond donors (Lipinski definition) is 2. The Bertz CT molecular complexity index is 1170. The first-order valence-electron chi connectivity index (χ1n) is 7.99. The molecule has 0 saturated heterocycles. The molecule has 8 nitrogen and oxygen atoms in total. The van der Waals surface area contributed by atoms with Crippen molar-refractivity contribution < 1.29 is 19.4 Å². The summed E-state index contributed by atoms with van der Waals surface area (Å²) in [4.78, 5) is 20.0. The Morgan fingerprint density at radius 2 is 2.14 bits per heavy atom. The van der Waals surface area contributed by atoms with Crippen LogP contribution in [0.15, 0.2) is 58.6 Å². The standard InChI is InChI=1S/C18H13ClN4O4S/c1-26-10-3-2-4-12(5-10)28-16-7-15-14(6-13(16)19)21-17(22-15)23-9-11(8-20-23)27-18(24)25/h2-9H,1H3,(H,21,22)(H,24,25). The fourth-order valence-electron chi connectivity index (χ4n) is 2.55. The van der Waals surface area contributed by atoms with Crippen LogP contribution >= 0.6 is 23.4 Å². The zero-order valence-electron chi connectivity index (χ0n) is 14.4. The van der Waals surface area contributed by atoms with Gasteiger partial charge in [-0.15, -0.1) is 0 Å². The van der Waals surface area contributed by atoms with Crippen LogP contribution in [0.1, 0.15) is 0 Å². The molecule has 0 bridgehead atoms. The van der Waals surface area contributed by atoms with E-state index in [1.54, 1.807) is 13.2 Å². The van der Waals surface area contributed by atoms with Gasteiger partial charge in [0.1, 0.15) is 5.75 Å². The van der Waals surface area contributed by atoms with Gasteiger partial charge in [-0.3, -0.25) is 0 Å². The Labute approximate surface area is 168 Å². The van der Waals surface area contributed by atoms with Gasteiger partial charge < -0.3 is 19.6 Å². The van der Waals surface area contributed by atoms with Crippen LogP contribution in [0.5, 0.6) is 11.5 Å². The van der Waals surface area contributed by atoms with Crippen molar-refractivity contribution in [3.63, 3.8) is 0 Å². The predicted octanol–water partition coefficient (Wildman–Crippen LogP) is 4.62. The summed E-state index contributed by atoms with van der Waals surface area (Å²) in [6, 6.07) is 11.3. The first-order valence-corrected chi connectivity index (χ1v) is 9.18. The molecule has 2 aromatic carbocycles. The van der Waals surface area contributed by atoms with Crippen LogP contribution in [0.25, 0.3) is 17.0 Å². The van der Waals surface area contributed by atoms with Crippen molar-refractivity contribution in [2.24, 2.45) is 0 Å². The summed E-state index contributed by atoms with van der Waals surface area (Å²) in [6.07, 6.45) is 1.30. The molecule has 28 heavy (non-hydrogen) atoms. The highest BCUT2D eigenvalue weighted by Crippen LogP contribution is 2.36. The lowest BCUT2D eigenvalue weighted by Crippen LogP contribution is -2.02. The Balaban J connectivity index is 1.65. The third-order valence-corrected chi connectivity index (χ3v) is 5.25. The molecule has 0 fully saturated rings. The Hall–Kier alpha value is -3.17. The van der Waals surface area contributed by atoms with E-state index in [0.717, 1.165) is 21.1 Å². The molecule has 2 N–H and O–H groups in total. The summed E-state index contributed by atoms with van der Waals surface area (Å²) in [7, 11) is 1.62. The van der Waals surface area contributed by atoms with Gasteiger partial charge in [0.2, 0.25) is 5.95 Å². The third kappa shape index (κ3) is 3.75. The van der Waals surface area contributed by atoms with Gasteiger partial charge in [0.05, 0.1) is 35.6 Å². The molecule has 0 unspecified atom stereocenters. The Morgan fingerprint density at radius 3 is 2.93 bits per heavy atom. The molecule has 0 aliphatic heterocycles. The molecule has 4 aromatic rings. The summed E-state index contributed by atoms with van der Waals surface area (Å²) in [5.74, 6) is 1.28. The van der Waals surface area contributed by atoms with E-state index in [1.165, 1.54) is 28.8 Å². The van der Waals surface area contributed by atoms with E-state index in [4.69, 9.17) is 21.4 Å². The number of aromatic amines is 1. The number of carboxylic acid groups (broad SMARTS) is 1. The SMILES string of the molecule is COc1cccc(Sc2cc3nc(-n4cc(OC(=O)O)cn4)[nH]c3cc2Cl)c1. The quantitative estimate of drug-likeness (QED) is 0.457. The molecule has 142 valence electrons. The summed E-state index contributed by atoms with van der Waals surface area (Å²) in [5.41, 5.74) is 1.42. The largest absolute Gasteiger partial charge is 0.511 e. The lowest BCUT2D eigenvalue weighted by molar-refractivity contribution is 0.144. The number of fused-ring (bicyclic) bond motifs is 1. The van der Waals surface area contributed by atoms with Crippen LogP contribution < -0.4 is 9.47 Å². The van der Waals surface area contributed by atoms with Gasteiger partial charge in [0.25, 0.3) is 0 Å². The Kier molecular flexibility index (Phi) is 4.84. The fraction of sp³-hybridized carbons (Fsp3) is 0.0556. The van der Waals surface area contributed by atoms with Gasteiger partial charge in [-0.2, -0.15) is 5.10 Å². The van der Waals surface area contributed by atoms with Crippen LogP contribution in [0.4, 0.5) is 4.79 Å². The maximum atomic E-state index is 10.6. The van der Waals surface area contributed by atoms with E-state index < -0.39 is 6.16 Å². The van der Waals surface area contributed by atoms with E-state index >= 15 is 0 Å². The minimum Gasteiger partial charge on any atom is -0.497 e. The first kappa shape index (κ1) is 18.2. The van der Waals surface area contributed by atoms with Gasteiger partial charge in [-0.25, -0.2) is 14.5 Å². The number of methoxy groups -OCH3 is 1. The number of hydrogen-bond acceptors (Lipinski definition) is 6. The third-order valence-electron chi connectivity index (χ3n) is 3.77. The van der Waals surface area contributed by atoms with Crippen molar-refractivity contribution in [3.8, 4) is 17.4 Å². The number of imidazole rings is 1. The van der Waals surface area contributed by atoms with Gasteiger partial charge in [-0.05, 0) is 30.3 Å². The monoisotopic (exact) mass is 416 g/mol. The molecule has 2 heterocycles. The highest BCUT2D eigenvalue weighted by Gasteiger charge is 2.12. The normalized spacial score (nSPS) is 10.9. The molecule has 0 amide bonds. The number of aromatic nitrogens is 4. The average Bonchev–Trinajstić information content (AvgIpc) is 3.28. The second kappa shape index (κ2) is 7.45. The summed E-state index contributed by atoms with van der Waals surface area (Å²) in [6.45, 7) is 0. The number of H-pyrrole nitrogens is 1. The Morgan fingerprint density at radius 1 is 1.29 bits per heavy atom. The molecule has 0 radical (unpaired) electrons. The van der Waals surface area contributed by atoms with Crippen LogP contribution in [-0.2, 0) is 0 Å². The highest BCUT2D eigenvalue weighted by molar-refractivity contribution is 7.99. The molecule has 10 heteroatoms. The minimum atomic E-state index is -1.41. The summed E-state index contributed by atoms with van der Waals surface area (Å²) < 4.78 is 11.2. The maximum Gasteiger partial charge on any atom is 0.511 e. The number of halogens is 1. The second-order valence-corrected chi connectivity index (χ2v) is 7.15.